The highest BCUT2D eigenvalue weighted by Gasteiger charge is 2.16. The lowest BCUT2D eigenvalue weighted by Crippen LogP contribution is -2.33. The molecule has 4 nitrogen and oxygen atoms in total. The summed E-state index contributed by atoms with van der Waals surface area (Å²) in [5.41, 5.74) is 3.39. The van der Waals surface area contributed by atoms with Crippen LogP contribution in [0, 0.1) is 6.92 Å². The minimum atomic E-state index is -0.266. The maximum Gasteiger partial charge on any atom is 0.307 e. The van der Waals surface area contributed by atoms with E-state index in [1.165, 1.54) is 5.56 Å². The first kappa shape index (κ1) is 19.7. The Morgan fingerprint density at radius 1 is 0.923 bits per heavy atom. The molecule has 2 aromatic rings. The average molecular weight is 353 g/mol. The Hall–Kier alpha value is -2.62. The van der Waals surface area contributed by atoms with Crippen molar-refractivity contribution in [1.29, 1.82) is 0 Å². The predicted octanol–water partition coefficient (Wildman–Crippen LogP) is 3.91. The number of nitrogens with zero attached hydrogens (tertiary/aromatic N) is 1. The van der Waals surface area contributed by atoms with Crippen LogP contribution in [0.2, 0.25) is 0 Å². The number of esters is 1. The summed E-state index contributed by atoms with van der Waals surface area (Å²) < 4.78 is 4.99. The van der Waals surface area contributed by atoms with Crippen LogP contribution >= 0.6 is 0 Å². The van der Waals surface area contributed by atoms with Gasteiger partial charge < -0.3 is 9.64 Å². The van der Waals surface area contributed by atoms with E-state index in [4.69, 9.17) is 4.74 Å². The molecule has 0 fully saturated rings. The Morgan fingerprint density at radius 2 is 1.62 bits per heavy atom. The molecule has 0 saturated carbocycles. The molecule has 138 valence electrons. The van der Waals surface area contributed by atoms with Crippen LogP contribution in [0.5, 0.6) is 0 Å². The number of hydrogen-bond acceptors (Lipinski definition) is 3. The Balaban J connectivity index is 1.99. The summed E-state index contributed by atoms with van der Waals surface area (Å²) >= 11 is 0. The zero-order valence-corrected chi connectivity index (χ0v) is 15.6. The summed E-state index contributed by atoms with van der Waals surface area (Å²) in [5, 5.41) is 0. The number of benzene rings is 2. The van der Waals surface area contributed by atoms with Crippen LogP contribution in [-0.2, 0) is 27.3 Å². The third-order valence-electron chi connectivity index (χ3n) is 4.21. The highest BCUT2D eigenvalue weighted by molar-refractivity contribution is 5.77. The van der Waals surface area contributed by atoms with E-state index < -0.39 is 0 Å². The van der Waals surface area contributed by atoms with E-state index in [9.17, 15) is 9.59 Å². The molecule has 0 atom stereocenters. The number of hydrogen-bond donors (Lipinski definition) is 0. The van der Waals surface area contributed by atoms with Crippen molar-refractivity contribution in [2.24, 2.45) is 0 Å². The Kier molecular flexibility index (Phi) is 7.87. The van der Waals surface area contributed by atoms with Crippen LogP contribution in [0.4, 0.5) is 0 Å². The predicted molar refractivity (Wildman–Crippen MR) is 103 cm³/mol. The number of rotatable bonds is 9. The van der Waals surface area contributed by atoms with Crippen molar-refractivity contribution in [3.63, 3.8) is 0 Å². The normalized spacial score (nSPS) is 10.4. The van der Waals surface area contributed by atoms with Crippen molar-refractivity contribution in [2.75, 3.05) is 13.2 Å². The van der Waals surface area contributed by atoms with E-state index in [2.05, 4.69) is 0 Å². The molecule has 4 heteroatoms. The number of aryl methyl sites for hydroxylation is 2. The fraction of sp³-hybridized carbons (Fsp3) is 0.364. The standard InChI is InChI=1S/C22H27NO3/c1-3-26-22(25)15-16-23(17-20-11-9-18(2)10-12-20)21(24)14-13-19-7-5-4-6-8-19/h4-12H,3,13-17H2,1-2H3. The summed E-state index contributed by atoms with van der Waals surface area (Å²) in [6.07, 6.45) is 1.35. The number of ether oxygens (including phenoxy) is 1. The molecule has 0 bridgehead atoms. The molecule has 0 heterocycles. The molecule has 0 aromatic heterocycles. The quantitative estimate of drug-likeness (QED) is 0.642. The van der Waals surface area contributed by atoms with E-state index in [0.717, 1.165) is 11.1 Å². The van der Waals surface area contributed by atoms with Gasteiger partial charge in [-0.15, -0.1) is 0 Å². The van der Waals surface area contributed by atoms with Gasteiger partial charge in [0.15, 0.2) is 0 Å². The number of carbonyl (C=O) groups excluding carboxylic acids is 2. The zero-order valence-electron chi connectivity index (χ0n) is 15.6. The average Bonchev–Trinajstić information content (AvgIpc) is 2.66. The van der Waals surface area contributed by atoms with Gasteiger partial charge in [-0.1, -0.05) is 60.2 Å². The minimum absolute atomic E-state index is 0.0544. The molecule has 0 N–H and O–H groups in total. The van der Waals surface area contributed by atoms with Crippen LogP contribution in [0.3, 0.4) is 0 Å². The van der Waals surface area contributed by atoms with Gasteiger partial charge in [-0.2, -0.15) is 0 Å². The lowest BCUT2D eigenvalue weighted by Gasteiger charge is -2.23. The van der Waals surface area contributed by atoms with Gasteiger partial charge >= 0.3 is 5.97 Å². The molecule has 0 saturated heterocycles. The monoisotopic (exact) mass is 353 g/mol. The van der Waals surface area contributed by atoms with Gasteiger partial charge in [0.05, 0.1) is 13.0 Å². The van der Waals surface area contributed by atoms with E-state index in [1.54, 1.807) is 11.8 Å². The maximum atomic E-state index is 12.7. The molecular formula is C22H27NO3. The molecule has 26 heavy (non-hydrogen) atoms. The second-order valence-electron chi connectivity index (χ2n) is 6.34. The molecular weight excluding hydrogens is 326 g/mol. The SMILES string of the molecule is CCOC(=O)CCN(Cc1ccc(C)cc1)C(=O)CCc1ccccc1. The van der Waals surface area contributed by atoms with Gasteiger partial charge in [-0.25, -0.2) is 0 Å². The van der Waals surface area contributed by atoms with Crippen LogP contribution in [0.1, 0.15) is 36.5 Å². The summed E-state index contributed by atoms with van der Waals surface area (Å²) in [7, 11) is 0. The van der Waals surface area contributed by atoms with Crippen molar-refractivity contribution in [2.45, 2.75) is 39.7 Å². The fourth-order valence-electron chi connectivity index (χ4n) is 2.72. The van der Waals surface area contributed by atoms with Crippen LogP contribution in [0.25, 0.3) is 0 Å². The van der Waals surface area contributed by atoms with E-state index in [-0.39, 0.29) is 18.3 Å². The van der Waals surface area contributed by atoms with Gasteiger partial charge in [0.25, 0.3) is 0 Å². The van der Waals surface area contributed by atoms with Crippen molar-refractivity contribution in [3.05, 3.63) is 71.3 Å². The highest BCUT2D eigenvalue weighted by Crippen LogP contribution is 2.11. The molecule has 2 rings (SSSR count). The van der Waals surface area contributed by atoms with E-state index in [0.29, 0.717) is 32.5 Å². The van der Waals surface area contributed by atoms with Gasteiger partial charge in [0.1, 0.15) is 0 Å². The van der Waals surface area contributed by atoms with Crippen molar-refractivity contribution in [1.82, 2.24) is 4.90 Å². The summed E-state index contributed by atoms with van der Waals surface area (Å²) in [4.78, 5) is 26.2. The van der Waals surface area contributed by atoms with E-state index >= 15 is 0 Å². The van der Waals surface area contributed by atoms with Gasteiger partial charge in [0, 0.05) is 19.5 Å². The minimum Gasteiger partial charge on any atom is -0.466 e. The van der Waals surface area contributed by atoms with Gasteiger partial charge in [0.2, 0.25) is 5.91 Å². The zero-order chi connectivity index (χ0) is 18.8. The van der Waals surface area contributed by atoms with Crippen LogP contribution in [-0.4, -0.2) is 29.9 Å². The lowest BCUT2D eigenvalue weighted by molar-refractivity contribution is -0.144. The second-order valence-corrected chi connectivity index (χ2v) is 6.34. The molecule has 0 spiro atoms. The Morgan fingerprint density at radius 3 is 2.27 bits per heavy atom. The van der Waals surface area contributed by atoms with Crippen molar-refractivity contribution < 1.29 is 14.3 Å². The smallest absolute Gasteiger partial charge is 0.307 e. The van der Waals surface area contributed by atoms with Crippen LogP contribution in [0.15, 0.2) is 54.6 Å². The molecule has 0 aliphatic heterocycles. The molecule has 1 amide bonds. The lowest BCUT2D eigenvalue weighted by atomic mass is 10.1. The summed E-state index contributed by atoms with van der Waals surface area (Å²) in [6, 6.07) is 18.1. The first-order valence-corrected chi connectivity index (χ1v) is 9.11. The van der Waals surface area contributed by atoms with Crippen molar-refractivity contribution in [3.8, 4) is 0 Å². The van der Waals surface area contributed by atoms with Crippen molar-refractivity contribution >= 4 is 11.9 Å². The van der Waals surface area contributed by atoms with E-state index in [1.807, 2.05) is 61.5 Å². The van der Waals surface area contributed by atoms with Gasteiger partial charge in [-0.05, 0) is 31.4 Å². The molecule has 0 aliphatic carbocycles. The summed E-state index contributed by atoms with van der Waals surface area (Å²) in [5.74, 6) is -0.212. The highest BCUT2D eigenvalue weighted by atomic mass is 16.5. The first-order valence-electron chi connectivity index (χ1n) is 9.11. The molecule has 0 radical (unpaired) electrons. The molecule has 0 unspecified atom stereocenters. The first-order chi connectivity index (χ1) is 12.6. The second kappa shape index (κ2) is 10.4. The largest absolute Gasteiger partial charge is 0.466 e. The number of amides is 1. The molecule has 2 aromatic carbocycles. The Labute approximate surface area is 155 Å². The third-order valence-corrected chi connectivity index (χ3v) is 4.21. The van der Waals surface area contributed by atoms with Gasteiger partial charge in [-0.3, -0.25) is 9.59 Å². The summed E-state index contributed by atoms with van der Waals surface area (Å²) in [6.45, 7) is 5.06. The number of carbonyl (C=O) groups is 2. The Bertz CT molecular complexity index is 695. The topological polar surface area (TPSA) is 46.6 Å². The molecule has 0 aliphatic rings. The third kappa shape index (κ3) is 6.71. The fourth-order valence-corrected chi connectivity index (χ4v) is 2.72. The van der Waals surface area contributed by atoms with Crippen LogP contribution < -0.4 is 0 Å². The maximum absolute atomic E-state index is 12.7.